The molecule has 0 radical (unpaired) electrons. The Balaban J connectivity index is 2.10. The van der Waals surface area contributed by atoms with Gasteiger partial charge in [-0.1, -0.05) is 18.2 Å². The molecule has 0 atom stereocenters. The van der Waals surface area contributed by atoms with Crippen molar-refractivity contribution >= 4 is 0 Å². The van der Waals surface area contributed by atoms with Crippen LogP contribution in [-0.2, 0) is 12.7 Å². The summed E-state index contributed by atoms with van der Waals surface area (Å²) in [6, 6.07) is 11.5. The van der Waals surface area contributed by atoms with Gasteiger partial charge in [0.25, 0.3) is 0 Å². The van der Waals surface area contributed by atoms with Crippen LogP contribution >= 0.6 is 0 Å². The Labute approximate surface area is 172 Å². The fourth-order valence-corrected chi connectivity index (χ4v) is 2.94. The maximum atomic E-state index is 13.3. The summed E-state index contributed by atoms with van der Waals surface area (Å²) in [4.78, 5) is 3.50. The van der Waals surface area contributed by atoms with E-state index in [1.807, 2.05) is 20.8 Å². The average molecular weight is 418 g/mol. The number of aromatic nitrogens is 1. The Hall–Kier alpha value is -2.93. The Morgan fingerprint density at radius 1 is 0.900 bits per heavy atom. The highest BCUT2D eigenvalue weighted by Crippen LogP contribution is 2.38. The van der Waals surface area contributed by atoms with Crippen molar-refractivity contribution in [3.05, 3.63) is 71.8 Å². The number of alkyl halides is 3. The molecule has 0 bridgehead atoms. The Morgan fingerprint density at radius 3 is 2.07 bits per heavy atom. The first-order valence-corrected chi connectivity index (χ1v) is 9.34. The number of rotatable bonds is 4. The van der Waals surface area contributed by atoms with E-state index in [1.165, 1.54) is 18.2 Å². The van der Waals surface area contributed by atoms with Crippen LogP contribution in [0.15, 0.2) is 54.7 Å². The van der Waals surface area contributed by atoms with E-state index in [9.17, 15) is 22.7 Å². The maximum absolute atomic E-state index is 13.3. The van der Waals surface area contributed by atoms with Gasteiger partial charge in [-0.2, -0.15) is 13.2 Å². The Bertz CT molecular complexity index is 1020. The smallest absolute Gasteiger partial charge is 0.433 e. The van der Waals surface area contributed by atoms with Crippen LogP contribution in [0.4, 0.5) is 17.6 Å². The van der Waals surface area contributed by atoms with Crippen molar-refractivity contribution in [3.63, 3.8) is 0 Å². The average Bonchev–Trinajstić information content (AvgIpc) is 2.67. The van der Waals surface area contributed by atoms with Gasteiger partial charge in [0.1, 0.15) is 17.3 Å². The number of halogens is 4. The van der Waals surface area contributed by atoms with E-state index in [-0.39, 0.29) is 17.1 Å². The fraction of sp³-hybridized carbons (Fsp3) is 0.261. The van der Waals surface area contributed by atoms with Gasteiger partial charge in [-0.05, 0) is 62.2 Å². The highest BCUT2D eigenvalue weighted by atomic mass is 19.4. The summed E-state index contributed by atoms with van der Waals surface area (Å²) in [6.45, 7) is 6.28. The molecule has 30 heavy (non-hydrogen) atoms. The molecule has 1 heterocycles. The molecule has 0 amide bonds. The molecule has 0 fully saturated rings. The first kappa shape index (κ1) is 21.8. The predicted molar refractivity (Wildman–Crippen MR) is 108 cm³/mol. The van der Waals surface area contributed by atoms with Gasteiger partial charge in [0.2, 0.25) is 0 Å². The fourth-order valence-electron chi connectivity index (χ4n) is 2.94. The van der Waals surface area contributed by atoms with Gasteiger partial charge in [-0.15, -0.1) is 0 Å². The van der Waals surface area contributed by atoms with E-state index in [0.717, 1.165) is 17.8 Å². The second-order valence-corrected chi connectivity index (χ2v) is 8.07. The zero-order valence-electron chi connectivity index (χ0n) is 16.8. The number of aromatic hydroxyl groups is 1. The maximum Gasteiger partial charge on any atom is 0.433 e. The summed E-state index contributed by atoms with van der Waals surface area (Å²) < 4.78 is 51.9. The third kappa shape index (κ3) is 5.16. The van der Waals surface area contributed by atoms with Crippen molar-refractivity contribution in [2.75, 3.05) is 0 Å². The molecule has 3 aromatic rings. The lowest BCUT2D eigenvalue weighted by molar-refractivity contribution is -0.141. The van der Waals surface area contributed by atoms with E-state index in [0.29, 0.717) is 28.8 Å². The van der Waals surface area contributed by atoms with Crippen LogP contribution in [0.5, 0.6) is 5.75 Å². The first-order valence-electron chi connectivity index (χ1n) is 9.34. The minimum Gasteiger partial charge on any atom is -0.507 e. The lowest BCUT2D eigenvalue weighted by Gasteiger charge is -2.22. The summed E-state index contributed by atoms with van der Waals surface area (Å²) in [5.41, 5.74) is 1.47. The molecular formula is C23H22F4N2O. The van der Waals surface area contributed by atoms with E-state index >= 15 is 0 Å². The van der Waals surface area contributed by atoms with Crippen LogP contribution in [0.2, 0.25) is 0 Å². The standard InChI is InChI=1S/C23H22F4N2O/c1-22(2,3)29-13-17-10-16(14-4-7-18(24)8-5-14)11-19(21(17)30)15-6-9-20(28-12-15)23(25,26)27/h4-12,29-30H,13H2,1-3H3. The van der Waals surface area contributed by atoms with Crippen molar-refractivity contribution in [2.45, 2.75) is 39.0 Å². The summed E-state index contributed by atoms with van der Waals surface area (Å²) in [7, 11) is 0. The molecule has 2 aromatic carbocycles. The van der Waals surface area contributed by atoms with Crippen LogP contribution in [0.3, 0.4) is 0 Å². The first-order chi connectivity index (χ1) is 13.9. The Morgan fingerprint density at radius 2 is 1.53 bits per heavy atom. The molecule has 0 saturated carbocycles. The zero-order chi connectivity index (χ0) is 22.1. The minimum absolute atomic E-state index is 0.0424. The number of pyridine rings is 1. The third-order valence-electron chi connectivity index (χ3n) is 4.54. The molecule has 3 rings (SSSR count). The van der Waals surface area contributed by atoms with Gasteiger partial charge in [0.15, 0.2) is 0 Å². The molecule has 0 unspecified atom stereocenters. The normalized spacial score (nSPS) is 12.2. The van der Waals surface area contributed by atoms with Crippen LogP contribution < -0.4 is 5.32 Å². The molecule has 158 valence electrons. The summed E-state index contributed by atoms with van der Waals surface area (Å²) >= 11 is 0. The number of nitrogens with one attached hydrogen (secondary N) is 1. The topological polar surface area (TPSA) is 45.2 Å². The summed E-state index contributed by atoms with van der Waals surface area (Å²) in [5, 5.41) is 14.1. The molecule has 0 spiro atoms. The third-order valence-corrected chi connectivity index (χ3v) is 4.54. The molecule has 3 nitrogen and oxygen atoms in total. The van der Waals surface area contributed by atoms with E-state index in [4.69, 9.17) is 0 Å². The number of benzene rings is 2. The highest BCUT2D eigenvalue weighted by molar-refractivity contribution is 5.79. The van der Waals surface area contributed by atoms with Gasteiger partial charge in [0, 0.05) is 35.0 Å². The number of phenols is 1. The Kier molecular flexibility index (Phi) is 5.85. The molecule has 0 saturated heterocycles. The van der Waals surface area contributed by atoms with Crippen molar-refractivity contribution in [2.24, 2.45) is 0 Å². The van der Waals surface area contributed by atoms with Crippen molar-refractivity contribution in [1.29, 1.82) is 0 Å². The molecule has 0 aliphatic rings. The number of hydrogen-bond donors (Lipinski definition) is 2. The quantitative estimate of drug-likeness (QED) is 0.498. The highest BCUT2D eigenvalue weighted by Gasteiger charge is 2.32. The van der Waals surface area contributed by atoms with Gasteiger partial charge < -0.3 is 10.4 Å². The minimum atomic E-state index is -4.54. The van der Waals surface area contributed by atoms with E-state index < -0.39 is 11.9 Å². The van der Waals surface area contributed by atoms with Gasteiger partial charge in [-0.25, -0.2) is 4.39 Å². The second kappa shape index (κ2) is 8.07. The van der Waals surface area contributed by atoms with Gasteiger partial charge in [-0.3, -0.25) is 4.98 Å². The van der Waals surface area contributed by atoms with Gasteiger partial charge >= 0.3 is 6.18 Å². The summed E-state index contributed by atoms with van der Waals surface area (Å²) in [5.74, 6) is -0.418. The molecule has 2 N–H and O–H groups in total. The lowest BCUT2D eigenvalue weighted by Crippen LogP contribution is -2.35. The molecular weight excluding hydrogens is 396 g/mol. The molecule has 0 aliphatic heterocycles. The van der Waals surface area contributed by atoms with E-state index in [2.05, 4.69) is 10.3 Å². The number of nitrogens with zero attached hydrogens (tertiary/aromatic N) is 1. The summed E-state index contributed by atoms with van der Waals surface area (Å²) in [6.07, 6.45) is -3.45. The molecule has 7 heteroatoms. The van der Waals surface area contributed by atoms with E-state index in [1.54, 1.807) is 24.3 Å². The van der Waals surface area contributed by atoms with Crippen LogP contribution in [0.1, 0.15) is 32.0 Å². The van der Waals surface area contributed by atoms with Crippen LogP contribution in [0.25, 0.3) is 22.3 Å². The van der Waals surface area contributed by atoms with Crippen molar-refractivity contribution < 1.29 is 22.7 Å². The van der Waals surface area contributed by atoms with Crippen molar-refractivity contribution in [3.8, 4) is 28.0 Å². The monoisotopic (exact) mass is 418 g/mol. The van der Waals surface area contributed by atoms with Crippen molar-refractivity contribution in [1.82, 2.24) is 10.3 Å². The van der Waals surface area contributed by atoms with Crippen LogP contribution in [-0.4, -0.2) is 15.6 Å². The SMILES string of the molecule is CC(C)(C)NCc1cc(-c2ccc(F)cc2)cc(-c2ccc(C(F)(F)F)nc2)c1O. The lowest BCUT2D eigenvalue weighted by atomic mass is 9.95. The predicted octanol–water partition coefficient (Wildman–Crippen LogP) is 6.17. The number of phenolic OH excluding ortho intramolecular Hbond substituents is 1. The largest absolute Gasteiger partial charge is 0.507 e. The molecule has 0 aliphatic carbocycles. The van der Waals surface area contributed by atoms with Gasteiger partial charge in [0.05, 0.1) is 0 Å². The second-order valence-electron chi connectivity index (χ2n) is 8.07. The molecule has 1 aromatic heterocycles. The number of hydrogen-bond acceptors (Lipinski definition) is 3. The zero-order valence-corrected chi connectivity index (χ0v) is 16.8. The van der Waals surface area contributed by atoms with Crippen LogP contribution in [0, 0.1) is 5.82 Å².